The Hall–Kier alpha value is -6.29. The first-order valence-corrected chi connectivity index (χ1v) is 19.4. The Labute approximate surface area is 333 Å². The number of nitrogens with one attached hydrogen (secondary N) is 3. The molecule has 4 atom stereocenters. The Balaban J connectivity index is 1.03. The summed E-state index contributed by atoms with van der Waals surface area (Å²) >= 11 is 0. The third kappa shape index (κ3) is 8.03. The van der Waals surface area contributed by atoms with Crippen molar-refractivity contribution in [3.8, 4) is 17.3 Å². The molecule has 4 amide bonds. The second-order valence-corrected chi connectivity index (χ2v) is 15.2. The van der Waals surface area contributed by atoms with Crippen molar-refractivity contribution in [3.63, 3.8) is 0 Å². The summed E-state index contributed by atoms with van der Waals surface area (Å²) in [5.41, 5.74) is 5.36. The number of benzene rings is 4. The van der Waals surface area contributed by atoms with Crippen molar-refractivity contribution in [2.75, 3.05) is 51.9 Å². The number of H-pyrrole nitrogens is 1. The van der Waals surface area contributed by atoms with E-state index in [1.165, 1.54) is 0 Å². The van der Waals surface area contributed by atoms with Crippen LogP contribution in [0.2, 0.25) is 0 Å². The summed E-state index contributed by atoms with van der Waals surface area (Å²) in [6.45, 7) is 1.01. The minimum Gasteiger partial charge on any atom is -0.353 e. The van der Waals surface area contributed by atoms with E-state index in [0.717, 1.165) is 35.0 Å². The lowest BCUT2D eigenvalue weighted by Crippen LogP contribution is -2.47. The molecule has 7 rings (SSSR count). The van der Waals surface area contributed by atoms with Crippen LogP contribution in [0.5, 0.6) is 0 Å². The van der Waals surface area contributed by atoms with E-state index in [1.54, 1.807) is 34.1 Å². The largest absolute Gasteiger partial charge is 0.353 e. The van der Waals surface area contributed by atoms with Crippen LogP contribution in [0.15, 0.2) is 103 Å². The first-order chi connectivity index (χ1) is 27.5. The SMILES string of the molecule is CN(C)[C@@H](C(=O)N1CCC[C@H]1C(=O)Nc1ccc(-c2[nH]c3ccc(NC(=O)[C@@H]4CCCN4C(=O)[C@@H](c4ccccc4)N(C)C)cc3c2C#N)cc1)c1ccccc1. The van der Waals surface area contributed by atoms with Crippen LogP contribution in [0.1, 0.15) is 54.5 Å². The van der Waals surface area contributed by atoms with E-state index in [0.29, 0.717) is 53.9 Å². The molecule has 12 heteroatoms. The normalized spacial score (nSPS) is 17.8. The van der Waals surface area contributed by atoms with E-state index < -0.39 is 24.2 Å². The lowest BCUT2D eigenvalue weighted by Gasteiger charge is -2.31. The second-order valence-electron chi connectivity index (χ2n) is 15.2. The van der Waals surface area contributed by atoms with Gasteiger partial charge >= 0.3 is 0 Å². The topological polar surface area (TPSA) is 145 Å². The van der Waals surface area contributed by atoms with E-state index in [1.807, 2.05) is 117 Å². The van der Waals surface area contributed by atoms with Crippen LogP contribution in [0.3, 0.4) is 0 Å². The zero-order chi connectivity index (χ0) is 40.2. The molecule has 2 aliphatic heterocycles. The Morgan fingerprint density at radius 3 is 1.63 bits per heavy atom. The maximum Gasteiger partial charge on any atom is 0.247 e. The number of aromatic nitrogens is 1. The van der Waals surface area contributed by atoms with Gasteiger partial charge in [0.25, 0.3) is 0 Å². The smallest absolute Gasteiger partial charge is 0.247 e. The fourth-order valence-corrected chi connectivity index (χ4v) is 8.29. The molecular formula is C45H48N8O4. The molecule has 0 bridgehead atoms. The highest BCUT2D eigenvalue weighted by molar-refractivity contribution is 6.02. The molecule has 4 aromatic carbocycles. The van der Waals surface area contributed by atoms with Crippen molar-refractivity contribution in [3.05, 3.63) is 120 Å². The van der Waals surface area contributed by atoms with Crippen LogP contribution in [0.25, 0.3) is 22.2 Å². The molecule has 0 saturated carbocycles. The van der Waals surface area contributed by atoms with Crippen LogP contribution >= 0.6 is 0 Å². The quantitative estimate of drug-likeness (QED) is 0.146. The number of anilines is 2. The lowest BCUT2D eigenvalue weighted by atomic mass is 10.0. The summed E-state index contributed by atoms with van der Waals surface area (Å²) in [7, 11) is 7.46. The average Bonchev–Trinajstić information content (AvgIpc) is 3.98. The zero-order valence-electron chi connectivity index (χ0n) is 32.7. The highest BCUT2D eigenvalue weighted by atomic mass is 16.2. The molecule has 292 valence electrons. The molecule has 2 saturated heterocycles. The van der Waals surface area contributed by atoms with Crippen LogP contribution in [-0.2, 0) is 19.2 Å². The molecule has 3 N–H and O–H groups in total. The van der Waals surface area contributed by atoms with Crippen molar-refractivity contribution in [1.29, 1.82) is 5.26 Å². The maximum atomic E-state index is 13.8. The molecule has 2 fully saturated rings. The Morgan fingerprint density at radius 1 is 0.684 bits per heavy atom. The van der Waals surface area contributed by atoms with Crippen LogP contribution in [0, 0.1) is 11.3 Å². The van der Waals surface area contributed by atoms with Gasteiger partial charge < -0.3 is 25.4 Å². The van der Waals surface area contributed by atoms with Gasteiger partial charge in [-0.2, -0.15) is 5.26 Å². The van der Waals surface area contributed by atoms with Gasteiger partial charge in [0, 0.05) is 35.4 Å². The van der Waals surface area contributed by atoms with Gasteiger partial charge in [0.05, 0.1) is 11.3 Å². The predicted octanol–water partition coefficient (Wildman–Crippen LogP) is 6.17. The Bertz CT molecular complexity index is 2300. The summed E-state index contributed by atoms with van der Waals surface area (Å²) in [6.07, 6.45) is 2.61. The molecule has 0 unspecified atom stereocenters. The van der Waals surface area contributed by atoms with E-state index in [9.17, 15) is 24.4 Å². The van der Waals surface area contributed by atoms with Gasteiger partial charge in [-0.25, -0.2) is 0 Å². The molecule has 5 aromatic rings. The number of fused-ring (bicyclic) bond motifs is 1. The van der Waals surface area contributed by atoms with Crippen molar-refractivity contribution < 1.29 is 19.2 Å². The first-order valence-electron chi connectivity index (χ1n) is 19.4. The number of amides is 4. The number of carbonyl (C=O) groups excluding carboxylic acids is 4. The summed E-state index contributed by atoms with van der Waals surface area (Å²) in [4.78, 5) is 65.4. The highest BCUT2D eigenvalue weighted by Crippen LogP contribution is 2.34. The van der Waals surface area contributed by atoms with Crippen molar-refractivity contribution in [1.82, 2.24) is 24.6 Å². The van der Waals surface area contributed by atoms with Crippen molar-refractivity contribution >= 4 is 45.9 Å². The molecule has 1 aromatic heterocycles. The number of rotatable bonds is 11. The van der Waals surface area contributed by atoms with Gasteiger partial charge in [-0.3, -0.25) is 29.0 Å². The number of nitriles is 1. The Morgan fingerprint density at radius 2 is 1.16 bits per heavy atom. The fraction of sp³-hybridized carbons (Fsp3) is 0.311. The standard InChI is InChI=1S/C45H48N8O4/c1-50(2)40(30-13-7-5-8-14-30)44(56)52-25-11-17-37(52)42(54)47-32-21-19-29(20-22-32)39-35(28-46)34-27-33(23-24-36(34)49-39)48-43(55)38-18-12-26-53(38)45(57)41(51(3)4)31-15-9-6-10-16-31/h5-10,13-16,19-24,27,37-38,40-41,49H,11-12,17-18,25-26H2,1-4H3,(H,47,54)(H,48,55)/t37-,38-,40+,41+/m0/s1. The van der Waals surface area contributed by atoms with Crippen LogP contribution < -0.4 is 10.6 Å². The summed E-state index contributed by atoms with van der Waals surface area (Å²) in [5, 5.41) is 17.0. The van der Waals surface area contributed by atoms with Gasteiger partial charge in [0.15, 0.2) is 0 Å². The summed E-state index contributed by atoms with van der Waals surface area (Å²) in [6, 6.07) is 31.9. The van der Waals surface area contributed by atoms with Gasteiger partial charge in [0.1, 0.15) is 30.2 Å². The zero-order valence-corrected chi connectivity index (χ0v) is 32.7. The number of aromatic amines is 1. The molecule has 3 heterocycles. The van der Waals surface area contributed by atoms with Gasteiger partial charge in [-0.1, -0.05) is 72.8 Å². The van der Waals surface area contributed by atoms with E-state index in [2.05, 4.69) is 21.7 Å². The Kier molecular flexibility index (Phi) is 11.5. The van der Waals surface area contributed by atoms with Crippen molar-refractivity contribution in [2.24, 2.45) is 0 Å². The minimum atomic E-state index is -0.614. The lowest BCUT2D eigenvalue weighted by molar-refractivity contribution is -0.141. The molecule has 57 heavy (non-hydrogen) atoms. The summed E-state index contributed by atoms with van der Waals surface area (Å²) in [5.74, 6) is -0.718. The van der Waals surface area contributed by atoms with Gasteiger partial charge in [0.2, 0.25) is 23.6 Å². The molecule has 2 aliphatic rings. The van der Waals surface area contributed by atoms with Crippen LogP contribution in [-0.4, -0.2) is 102 Å². The predicted molar refractivity (Wildman–Crippen MR) is 221 cm³/mol. The number of likely N-dealkylation sites (N-methyl/N-ethyl adjacent to an activating group) is 2. The summed E-state index contributed by atoms with van der Waals surface area (Å²) < 4.78 is 0. The first kappa shape index (κ1) is 39.0. The highest BCUT2D eigenvalue weighted by Gasteiger charge is 2.40. The third-order valence-corrected chi connectivity index (χ3v) is 11.0. The van der Waals surface area contributed by atoms with Gasteiger partial charge in [-0.15, -0.1) is 0 Å². The van der Waals surface area contributed by atoms with E-state index in [4.69, 9.17) is 0 Å². The van der Waals surface area contributed by atoms with Crippen molar-refractivity contribution in [2.45, 2.75) is 49.9 Å². The van der Waals surface area contributed by atoms with Crippen LogP contribution in [0.4, 0.5) is 11.4 Å². The maximum absolute atomic E-state index is 13.8. The monoisotopic (exact) mass is 764 g/mol. The molecular weight excluding hydrogens is 717 g/mol. The number of likely N-dealkylation sites (tertiary alicyclic amines) is 2. The minimum absolute atomic E-state index is 0.0997. The van der Waals surface area contributed by atoms with E-state index >= 15 is 0 Å². The molecule has 12 nitrogen and oxygen atoms in total. The number of nitrogens with zero attached hydrogens (tertiary/aromatic N) is 5. The average molecular weight is 765 g/mol. The molecule has 0 aliphatic carbocycles. The third-order valence-electron chi connectivity index (χ3n) is 11.0. The van der Waals surface area contributed by atoms with E-state index in [-0.39, 0.29) is 23.6 Å². The number of hydrogen-bond donors (Lipinski definition) is 3. The van der Waals surface area contributed by atoms with Gasteiger partial charge in [-0.05, 0) is 101 Å². The second kappa shape index (κ2) is 16.8. The number of carbonyl (C=O) groups is 4. The molecule has 0 radical (unpaired) electrons. The molecule has 0 spiro atoms. The number of hydrogen-bond acceptors (Lipinski definition) is 7. The fourth-order valence-electron chi connectivity index (χ4n) is 8.29.